The molecule has 3 aliphatic heterocycles. The fourth-order valence-electron chi connectivity index (χ4n) is 3.72. The van der Waals surface area contributed by atoms with Gasteiger partial charge in [-0.1, -0.05) is 11.8 Å². The molecule has 0 saturated carbocycles. The standard InChI is InChI=1S/C18H23N3O4S2/c1-20(2)12-5-7-13(8-6-12)21-14-10-27(23,24)11-16(14)26-18(21)19-17(22)15-4-3-9-25-15/h5-8,14-16H,3-4,9-11H2,1-2H3/t14-,15+,16-/m0/s1. The number of thioether (sulfide) groups is 1. The Hall–Kier alpha value is -1.58. The fraction of sp³-hybridized carbons (Fsp3) is 0.556. The average molecular weight is 410 g/mol. The van der Waals surface area contributed by atoms with Gasteiger partial charge in [0.05, 0.1) is 17.5 Å². The largest absolute Gasteiger partial charge is 0.378 e. The van der Waals surface area contributed by atoms with Gasteiger partial charge in [0.1, 0.15) is 6.10 Å². The molecule has 1 amide bonds. The summed E-state index contributed by atoms with van der Waals surface area (Å²) in [6, 6.07) is 7.68. The highest BCUT2D eigenvalue weighted by molar-refractivity contribution is 8.16. The number of benzene rings is 1. The maximum Gasteiger partial charge on any atom is 0.277 e. The van der Waals surface area contributed by atoms with E-state index >= 15 is 0 Å². The molecular weight excluding hydrogens is 386 g/mol. The van der Waals surface area contributed by atoms with Crippen molar-refractivity contribution in [3.8, 4) is 0 Å². The molecule has 146 valence electrons. The molecule has 3 aliphatic rings. The van der Waals surface area contributed by atoms with E-state index in [2.05, 4.69) is 4.99 Å². The van der Waals surface area contributed by atoms with E-state index in [1.807, 2.05) is 48.2 Å². The van der Waals surface area contributed by atoms with Crippen LogP contribution in [0, 0.1) is 0 Å². The lowest BCUT2D eigenvalue weighted by atomic mass is 10.2. The lowest BCUT2D eigenvalue weighted by Gasteiger charge is -2.25. The second kappa shape index (κ2) is 7.10. The summed E-state index contributed by atoms with van der Waals surface area (Å²) in [6.45, 7) is 0.591. The van der Waals surface area contributed by atoms with Gasteiger partial charge in [-0.3, -0.25) is 4.79 Å². The molecule has 3 fully saturated rings. The summed E-state index contributed by atoms with van der Waals surface area (Å²) in [5, 5.41) is 0.484. The third-order valence-corrected chi connectivity index (χ3v) is 8.33. The van der Waals surface area contributed by atoms with Crippen LogP contribution in [0.15, 0.2) is 29.3 Å². The zero-order valence-corrected chi connectivity index (χ0v) is 17.0. The van der Waals surface area contributed by atoms with Crippen LogP contribution < -0.4 is 9.80 Å². The summed E-state index contributed by atoms with van der Waals surface area (Å²) in [7, 11) is 0.861. The number of amides is 1. The van der Waals surface area contributed by atoms with Gasteiger partial charge in [-0.2, -0.15) is 4.99 Å². The monoisotopic (exact) mass is 409 g/mol. The summed E-state index contributed by atoms with van der Waals surface area (Å²) >= 11 is 1.39. The number of carbonyl (C=O) groups excluding carboxylic acids is 1. The normalized spacial score (nSPS) is 30.7. The quantitative estimate of drug-likeness (QED) is 0.749. The third kappa shape index (κ3) is 3.72. The van der Waals surface area contributed by atoms with Gasteiger partial charge < -0.3 is 14.5 Å². The first-order chi connectivity index (χ1) is 12.8. The van der Waals surface area contributed by atoms with Crippen LogP contribution in [0.3, 0.4) is 0 Å². The highest BCUT2D eigenvalue weighted by Gasteiger charge is 2.49. The first-order valence-electron chi connectivity index (χ1n) is 9.02. The van der Waals surface area contributed by atoms with E-state index in [4.69, 9.17) is 4.74 Å². The first-order valence-corrected chi connectivity index (χ1v) is 11.7. The summed E-state index contributed by atoms with van der Waals surface area (Å²) in [4.78, 5) is 20.8. The zero-order chi connectivity index (χ0) is 19.2. The van der Waals surface area contributed by atoms with Gasteiger partial charge in [-0.25, -0.2) is 8.42 Å². The Labute approximate surface area is 163 Å². The van der Waals surface area contributed by atoms with Crippen molar-refractivity contribution in [1.82, 2.24) is 0 Å². The number of hydrogen-bond acceptors (Lipinski definition) is 6. The van der Waals surface area contributed by atoms with Crippen LogP contribution in [0.5, 0.6) is 0 Å². The minimum Gasteiger partial charge on any atom is -0.378 e. The topological polar surface area (TPSA) is 79.3 Å². The Morgan fingerprint density at radius 2 is 2.00 bits per heavy atom. The van der Waals surface area contributed by atoms with E-state index in [1.54, 1.807) is 0 Å². The van der Waals surface area contributed by atoms with Crippen LogP contribution in [0.2, 0.25) is 0 Å². The molecule has 3 saturated heterocycles. The summed E-state index contributed by atoms with van der Waals surface area (Å²) in [5.41, 5.74) is 1.91. The molecule has 1 aromatic carbocycles. The van der Waals surface area contributed by atoms with Gasteiger partial charge in [0.15, 0.2) is 15.0 Å². The van der Waals surface area contributed by atoms with Gasteiger partial charge >= 0.3 is 0 Å². The fourth-order valence-corrected chi connectivity index (χ4v) is 7.64. The molecule has 0 aromatic heterocycles. The van der Waals surface area contributed by atoms with E-state index in [-0.39, 0.29) is 28.7 Å². The molecule has 3 atom stereocenters. The maximum atomic E-state index is 12.5. The third-order valence-electron chi connectivity index (χ3n) is 5.12. The van der Waals surface area contributed by atoms with Crippen LogP contribution in [0.25, 0.3) is 0 Å². The second-order valence-corrected chi connectivity index (χ2v) is 10.7. The van der Waals surface area contributed by atoms with Crippen LogP contribution in [0.4, 0.5) is 11.4 Å². The number of fused-ring (bicyclic) bond motifs is 1. The predicted octanol–water partition coefficient (Wildman–Crippen LogP) is 1.53. The van der Waals surface area contributed by atoms with Crippen LogP contribution in [-0.2, 0) is 19.4 Å². The summed E-state index contributed by atoms with van der Waals surface area (Å²) < 4.78 is 29.7. The molecule has 0 N–H and O–H groups in total. The zero-order valence-electron chi connectivity index (χ0n) is 15.4. The van der Waals surface area contributed by atoms with Crippen molar-refractivity contribution in [2.75, 3.05) is 42.0 Å². The molecular formula is C18H23N3O4S2. The van der Waals surface area contributed by atoms with E-state index in [9.17, 15) is 13.2 Å². The van der Waals surface area contributed by atoms with Crippen molar-refractivity contribution in [1.29, 1.82) is 0 Å². The molecule has 4 rings (SSSR count). The molecule has 9 heteroatoms. The number of ether oxygens (including phenoxy) is 1. The Bertz CT molecular complexity index is 861. The predicted molar refractivity (Wildman–Crippen MR) is 108 cm³/mol. The Kier molecular flexibility index (Phi) is 4.94. The SMILES string of the molecule is CN(C)c1ccc(N2C(=NC(=O)[C@H]3CCCO3)S[C@H]3CS(=O)(=O)C[C@@H]32)cc1. The van der Waals surface area contributed by atoms with Crippen LogP contribution in [-0.4, -0.2) is 69.1 Å². The van der Waals surface area contributed by atoms with Gasteiger partial charge in [0.25, 0.3) is 5.91 Å². The number of rotatable bonds is 3. The van der Waals surface area contributed by atoms with Crippen LogP contribution in [0.1, 0.15) is 12.8 Å². The molecule has 0 aliphatic carbocycles. The number of sulfone groups is 1. The Balaban J connectivity index is 1.66. The number of nitrogens with zero attached hydrogens (tertiary/aromatic N) is 3. The molecule has 7 nitrogen and oxygen atoms in total. The smallest absolute Gasteiger partial charge is 0.277 e. The molecule has 1 aromatic rings. The van der Waals surface area contributed by atoms with Crippen molar-refractivity contribution >= 4 is 44.0 Å². The Morgan fingerprint density at radius 1 is 1.26 bits per heavy atom. The lowest BCUT2D eigenvalue weighted by molar-refractivity contribution is -0.126. The average Bonchev–Trinajstić information content (AvgIpc) is 3.29. The molecule has 27 heavy (non-hydrogen) atoms. The molecule has 3 heterocycles. The summed E-state index contributed by atoms with van der Waals surface area (Å²) in [6.07, 6.45) is 1.09. The number of hydrogen-bond donors (Lipinski definition) is 0. The highest BCUT2D eigenvalue weighted by atomic mass is 32.2. The molecule has 0 spiro atoms. The van der Waals surface area contributed by atoms with Crippen molar-refractivity contribution < 1.29 is 17.9 Å². The second-order valence-electron chi connectivity index (χ2n) is 7.32. The van der Waals surface area contributed by atoms with Crippen molar-refractivity contribution in [3.05, 3.63) is 24.3 Å². The first kappa shape index (κ1) is 18.8. The van der Waals surface area contributed by atoms with E-state index in [0.717, 1.165) is 17.8 Å². The number of amidine groups is 1. The van der Waals surface area contributed by atoms with Crippen molar-refractivity contribution in [2.24, 2.45) is 4.99 Å². The molecule has 0 radical (unpaired) electrons. The van der Waals surface area contributed by atoms with Gasteiger partial charge in [-0.05, 0) is 37.1 Å². The van der Waals surface area contributed by atoms with Crippen molar-refractivity contribution in [3.63, 3.8) is 0 Å². The molecule has 0 bridgehead atoms. The minimum absolute atomic E-state index is 0.0905. The maximum absolute atomic E-state index is 12.5. The van der Waals surface area contributed by atoms with Crippen LogP contribution >= 0.6 is 11.8 Å². The van der Waals surface area contributed by atoms with Gasteiger partial charge in [0.2, 0.25) is 0 Å². The minimum atomic E-state index is -3.07. The Morgan fingerprint density at radius 3 is 2.63 bits per heavy atom. The number of carbonyl (C=O) groups is 1. The van der Waals surface area contributed by atoms with Crippen molar-refractivity contribution in [2.45, 2.75) is 30.2 Å². The van der Waals surface area contributed by atoms with Gasteiger partial charge in [0, 0.05) is 37.3 Å². The molecule has 0 unspecified atom stereocenters. The van der Waals surface area contributed by atoms with E-state index in [0.29, 0.717) is 18.2 Å². The van der Waals surface area contributed by atoms with E-state index < -0.39 is 15.9 Å². The van der Waals surface area contributed by atoms with E-state index in [1.165, 1.54) is 11.8 Å². The summed E-state index contributed by atoms with van der Waals surface area (Å²) in [5.74, 6) is -0.0534. The number of anilines is 2. The highest BCUT2D eigenvalue weighted by Crippen LogP contribution is 2.41. The number of aliphatic imine (C=N–C) groups is 1. The lowest BCUT2D eigenvalue weighted by Crippen LogP contribution is -2.38. The van der Waals surface area contributed by atoms with Gasteiger partial charge in [-0.15, -0.1) is 0 Å².